The highest BCUT2D eigenvalue weighted by Gasteiger charge is 2.05. The van der Waals surface area contributed by atoms with E-state index >= 15 is 0 Å². The fraction of sp³-hybridized carbons (Fsp3) is 0.125. The van der Waals surface area contributed by atoms with Gasteiger partial charge in [0.1, 0.15) is 0 Å². The molecule has 0 saturated carbocycles. The van der Waals surface area contributed by atoms with Crippen molar-refractivity contribution in [2.75, 3.05) is 10.6 Å². The number of anilines is 2. The van der Waals surface area contributed by atoms with Gasteiger partial charge in [-0.3, -0.25) is 4.79 Å². The molecule has 4 nitrogen and oxygen atoms in total. The van der Waals surface area contributed by atoms with Gasteiger partial charge >= 0.3 is 6.03 Å². The highest BCUT2D eigenvalue weighted by molar-refractivity contribution is 6.00. The number of carbonyl (C=O) groups excluding carboxylic acids is 2. The molecule has 2 amide bonds. The van der Waals surface area contributed by atoms with Gasteiger partial charge in [0.25, 0.3) is 0 Å². The fourth-order valence-corrected chi connectivity index (χ4v) is 1.76. The number of hydrogen-bond acceptors (Lipinski definition) is 2. The third kappa shape index (κ3) is 3.68. The summed E-state index contributed by atoms with van der Waals surface area (Å²) in [4.78, 5) is 23.3. The molecule has 0 radical (unpaired) electrons. The Kier molecular flexibility index (Phi) is 4.50. The Balaban J connectivity index is 1.96. The lowest BCUT2D eigenvalue weighted by molar-refractivity contribution is 0.0988. The number of rotatable bonds is 4. The van der Waals surface area contributed by atoms with Crippen molar-refractivity contribution >= 4 is 23.2 Å². The quantitative estimate of drug-likeness (QED) is 0.825. The molecule has 20 heavy (non-hydrogen) atoms. The number of nitrogens with one attached hydrogen (secondary N) is 2. The second-order valence-corrected chi connectivity index (χ2v) is 4.30. The maximum absolute atomic E-state index is 11.8. The molecule has 2 N–H and O–H groups in total. The van der Waals surface area contributed by atoms with Gasteiger partial charge in [0.2, 0.25) is 0 Å². The van der Waals surface area contributed by atoms with Crippen molar-refractivity contribution in [3.05, 3.63) is 60.2 Å². The molecule has 2 aromatic carbocycles. The summed E-state index contributed by atoms with van der Waals surface area (Å²) in [6, 6.07) is 15.7. The molecule has 0 bridgehead atoms. The molecule has 4 heteroatoms. The average molecular weight is 268 g/mol. The van der Waals surface area contributed by atoms with Crippen molar-refractivity contribution in [2.24, 2.45) is 0 Å². The first-order chi connectivity index (χ1) is 9.69. The van der Waals surface area contributed by atoms with E-state index < -0.39 is 0 Å². The number of para-hydroxylation sites is 1. The normalized spacial score (nSPS) is 9.85. The maximum Gasteiger partial charge on any atom is 0.323 e. The molecular weight excluding hydrogens is 252 g/mol. The van der Waals surface area contributed by atoms with Crippen LogP contribution < -0.4 is 10.6 Å². The Bertz CT molecular complexity index is 592. The van der Waals surface area contributed by atoms with Crippen LogP contribution >= 0.6 is 0 Å². The Hall–Kier alpha value is -2.62. The summed E-state index contributed by atoms with van der Waals surface area (Å²) >= 11 is 0. The first-order valence-corrected chi connectivity index (χ1v) is 6.45. The summed E-state index contributed by atoms with van der Waals surface area (Å²) in [7, 11) is 0. The second kappa shape index (κ2) is 6.52. The summed E-state index contributed by atoms with van der Waals surface area (Å²) in [5, 5.41) is 5.44. The van der Waals surface area contributed by atoms with Crippen LogP contribution in [0.5, 0.6) is 0 Å². The highest BCUT2D eigenvalue weighted by atomic mass is 16.2. The lowest BCUT2D eigenvalue weighted by Crippen LogP contribution is -2.19. The lowest BCUT2D eigenvalue weighted by Gasteiger charge is -2.08. The molecule has 0 fully saturated rings. The molecule has 0 heterocycles. The van der Waals surface area contributed by atoms with Crippen LogP contribution in [0, 0.1) is 0 Å². The van der Waals surface area contributed by atoms with Crippen LogP contribution in [0.3, 0.4) is 0 Å². The van der Waals surface area contributed by atoms with Crippen LogP contribution in [0.2, 0.25) is 0 Å². The fourth-order valence-electron chi connectivity index (χ4n) is 1.76. The van der Waals surface area contributed by atoms with Crippen LogP contribution in [0.4, 0.5) is 16.2 Å². The molecule has 0 saturated heterocycles. The van der Waals surface area contributed by atoms with Crippen LogP contribution in [0.15, 0.2) is 54.6 Å². The maximum atomic E-state index is 11.8. The van der Waals surface area contributed by atoms with Gasteiger partial charge in [-0.05, 0) is 36.4 Å². The molecule has 2 rings (SSSR count). The predicted octanol–water partition coefficient (Wildman–Crippen LogP) is 3.92. The van der Waals surface area contributed by atoms with Crippen molar-refractivity contribution in [3.8, 4) is 0 Å². The Labute approximate surface area is 117 Å². The number of urea groups is 1. The zero-order valence-electron chi connectivity index (χ0n) is 11.2. The summed E-state index contributed by atoms with van der Waals surface area (Å²) in [5.74, 6) is 0.0882. The third-order valence-corrected chi connectivity index (χ3v) is 2.82. The zero-order chi connectivity index (χ0) is 14.4. The molecule has 0 atom stereocenters. The van der Waals surface area contributed by atoms with E-state index in [1.165, 1.54) is 0 Å². The largest absolute Gasteiger partial charge is 0.323 e. The lowest BCUT2D eigenvalue weighted by atomic mass is 10.1. The van der Waals surface area contributed by atoms with Gasteiger partial charge in [0.15, 0.2) is 5.78 Å². The smallest absolute Gasteiger partial charge is 0.308 e. The zero-order valence-corrected chi connectivity index (χ0v) is 11.2. The number of benzene rings is 2. The van der Waals surface area contributed by atoms with Gasteiger partial charge in [-0.2, -0.15) is 0 Å². The van der Waals surface area contributed by atoms with E-state index in [0.29, 0.717) is 17.7 Å². The molecule has 0 aliphatic heterocycles. The molecule has 0 aliphatic carbocycles. The number of Topliss-reactive ketones (excluding diaryl/α,β-unsaturated/α-hetero) is 1. The summed E-state index contributed by atoms with van der Waals surface area (Å²) in [6.45, 7) is 1.82. The first-order valence-electron chi connectivity index (χ1n) is 6.45. The van der Waals surface area contributed by atoms with Gasteiger partial charge in [-0.25, -0.2) is 4.79 Å². The molecule has 0 unspecified atom stereocenters. The monoisotopic (exact) mass is 268 g/mol. The van der Waals surface area contributed by atoms with Crippen molar-refractivity contribution in [1.29, 1.82) is 0 Å². The van der Waals surface area contributed by atoms with Crippen LogP contribution in [0.1, 0.15) is 23.7 Å². The highest BCUT2D eigenvalue weighted by Crippen LogP contribution is 2.12. The van der Waals surface area contributed by atoms with Crippen molar-refractivity contribution in [3.63, 3.8) is 0 Å². The minimum atomic E-state index is -0.314. The van der Waals surface area contributed by atoms with E-state index in [9.17, 15) is 9.59 Å². The van der Waals surface area contributed by atoms with E-state index in [1.54, 1.807) is 24.3 Å². The van der Waals surface area contributed by atoms with Gasteiger partial charge in [0, 0.05) is 23.4 Å². The van der Waals surface area contributed by atoms with E-state index in [-0.39, 0.29) is 11.8 Å². The minimum absolute atomic E-state index is 0.0882. The Morgan fingerprint density at radius 1 is 0.850 bits per heavy atom. The number of carbonyl (C=O) groups is 2. The van der Waals surface area contributed by atoms with E-state index in [2.05, 4.69) is 10.6 Å². The van der Waals surface area contributed by atoms with Crippen LogP contribution in [-0.4, -0.2) is 11.8 Å². The third-order valence-electron chi connectivity index (χ3n) is 2.82. The van der Waals surface area contributed by atoms with Crippen LogP contribution in [0.25, 0.3) is 0 Å². The summed E-state index contributed by atoms with van der Waals surface area (Å²) in [6.07, 6.45) is 0.473. The van der Waals surface area contributed by atoms with E-state index in [1.807, 2.05) is 37.3 Å². The standard InChI is InChI=1S/C16H16N2O2/c1-2-15(19)12-8-10-14(11-9-12)18-16(20)17-13-6-4-3-5-7-13/h3-11H,2H2,1H3,(H2,17,18,20). The van der Waals surface area contributed by atoms with E-state index in [0.717, 1.165) is 5.69 Å². The number of hydrogen-bond donors (Lipinski definition) is 2. The van der Waals surface area contributed by atoms with Gasteiger partial charge in [-0.15, -0.1) is 0 Å². The molecule has 0 aliphatic rings. The van der Waals surface area contributed by atoms with E-state index in [4.69, 9.17) is 0 Å². The van der Waals surface area contributed by atoms with Crippen molar-refractivity contribution < 1.29 is 9.59 Å². The average Bonchev–Trinajstić information content (AvgIpc) is 2.48. The van der Waals surface area contributed by atoms with Crippen molar-refractivity contribution in [2.45, 2.75) is 13.3 Å². The molecule has 0 spiro atoms. The topological polar surface area (TPSA) is 58.2 Å². The summed E-state index contributed by atoms with van der Waals surface area (Å²) in [5.41, 5.74) is 2.02. The minimum Gasteiger partial charge on any atom is -0.308 e. The SMILES string of the molecule is CCC(=O)c1ccc(NC(=O)Nc2ccccc2)cc1. The number of ketones is 1. The molecule has 0 aromatic heterocycles. The van der Waals surface area contributed by atoms with Crippen molar-refractivity contribution in [1.82, 2.24) is 0 Å². The van der Waals surface area contributed by atoms with Gasteiger partial charge < -0.3 is 10.6 Å². The molecular formula is C16H16N2O2. The molecule has 2 aromatic rings. The summed E-state index contributed by atoms with van der Waals surface area (Å²) < 4.78 is 0. The second-order valence-electron chi connectivity index (χ2n) is 4.30. The van der Waals surface area contributed by atoms with Gasteiger partial charge in [-0.1, -0.05) is 25.1 Å². The Morgan fingerprint density at radius 3 is 1.95 bits per heavy atom. The van der Waals surface area contributed by atoms with Crippen LogP contribution in [-0.2, 0) is 0 Å². The predicted molar refractivity (Wildman–Crippen MR) is 80.1 cm³/mol. The van der Waals surface area contributed by atoms with Gasteiger partial charge in [0.05, 0.1) is 0 Å². The first kappa shape index (κ1) is 13.8. The molecule has 102 valence electrons. The number of amides is 2. The Morgan fingerprint density at radius 2 is 1.40 bits per heavy atom.